The molecule has 1 saturated heterocycles. The van der Waals surface area contributed by atoms with Gasteiger partial charge in [0.15, 0.2) is 10.8 Å². The third-order valence-corrected chi connectivity index (χ3v) is 5.24. The third-order valence-electron chi connectivity index (χ3n) is 4.49. The zero-order valence-electron chi connectivity index (χ0n) is 12.4. The highest BCUT2D eigenvalue weighted by Gasteiger charge is 2.27. The molecule has 1 aliphatic heterocycles. The maximum Gasteiger partial charge on any atom is 0.195 e. The molecular weight excluding hydrogens is 284 g/mol. The van der Waals surface area contributed by atoms with Crippen LogP contribution in [-0.4, -0.2) is 41.7 Å². The zero-order chi connectivity index (χ0) is 14.2. The zero-order valence-corrected chi connectivity index (χ0v) is 13.2. The molecule has 2 fully saturated rings. The first-order chi connectivity index (χ1) is 10.3. The number of imidazole rings is 1. The monoisotopic (exact) mass is 306 g/mol. The van der Waals surface area contributed by atoms with E-state index in [9.17, 15) is 0 Å². The molecule has 2 aromatic heterocycles. The topological polar surface area (TPSA) is 41.8 Å². The fraction of sp³-hybridized carbons (Fsp3) is 0.667. The standard InChI is InChI=1S/C15H22N4OS/c1-20-12-3-2-6-18(10-12)14-13(9-16-11-4-5-11)19-7-8-21-15(19)17-14/h7-8,11-12,16H,2-6,9-10H2,1H3. The predicted molar refractivity (Wildman–Crippen MR) is 85.2 cm³/mol. The molecule has 4 rings (SSSR count). The van der Waals surface area contributed by atoms with Crippen LogP contribution < -0.4 is 10.2 Å². The molecule has 114 valence electrons. The summed E-state index contributed by atoms with van der Waals surface area (Å²) < 4.78 is 7.80. The molecule has 0 radical (unpaired) electrons. The van der Waals surface area contributed by atoms with Crippen LogP contribution in [0.4, 0.5) is 5.82 Å². The molecule has 1 aliphatic carbocycles. The highest BCUT2D eigenvalue weighted by atomic mass is 32.1. The normalized spacial score (nSPS) is 23.1. The van der Waals surface area contributed by atoms with Gasteiger partial charge in [-0.2, -0.15) is 0 Å². The number of hydrogen-bond donors (Lipinski definition) is 1. The molecule has 1 N–H and O–H groups in total. The fourth-order valence-corrected chi connectivity index (χ4v) is 3.82. The van der Waals surface area contributed by atoms with E-state index >= 15 is 0 Å². The molecule has 2 aromatic rings. The average molecular weight is 306 g/mol. The van der Waals surface area contributed by atoms with Gasteiger partial charge in [0.2, 0.25) is 0 Å². The minimum atomic E-state index is 0.336. The van der Waals surface area contributed by atoms with E-state index in [2.05, 4.69) is 26.2 Å². The maximum atomic E-state index is 5.56. The van der Waals surface area contributed by atoms with Crippen LogP contribution in [-0.2, 0) is 11.3 Å². The SMILES string of the molecule is COC1CCCN(c2nc3sccn3c2CNC2CC2)C1. The first kappa shape index (κ1) is 13.5. The molecule has 3 heterocycles. The van der Waals surface area contributed by atoms with Gasteiger partial charge in [-0.3, -0.25) is 4.40 Å². The van der Waals surface area contributed by atoms with Crippen LogP contribution in [0.3, 0.4) is 0 Å². The van der Waals surface area contributed by atoms with Gasteiger partial charge in [-0.05, 0) is 25.7 Å². The first-order valence-corrected chi connectivity index (χ1v) is 8.68. The molecule has 2 aliphatic rings. The lowest BCUT2D eigenvalue weighted by Crippen LogP contribution is -2.40. The number of methoxy groups -OCH3 is 1. The lowest BCUT2D eigenvalue weighted by molar-refractivity contribution is 0.0891. The Morgan fingerprint density at radius 1 is 1.43 bits per heavy atom. The maximum absolute atomic E-state index is 5.56. The highest BCUT2D eigenvalue weighted by Crippen LogP contribution is 2.28. The van der Waals surface area contributed by atoms with Crippen molar-refractivity contribution in [1.82, 2.24) is 14.7 Å². The Morgan fingerprint density at radius 2 is 2.33 bits per heavy atom. The number of anilines is 1. The summed E-state index contributed by atoms with van der Waals surface area (Å²) in [5.74, 6) is 1.15. The number of piperidine rings is 1. The Bertz CT molecular complexity index is 618. The quantitative estimate of drug-likeness (QED) is 0.920. The van der Waals surface area contributed by atoms with E-state index in [0.29, 0.717) is 6.10 Å². The van der Waals surface area contributed by atoms with E-state index in [1.807, 2.05) is 7.11 Å². The molecule has 21 heavy (non-hydrogen) atoms. The van der Waals surface area contributed by atoms with Crippen LogP contribution in [0.2, 0.25) is 0 Å². The predicted octanol–water partition coefficient (Wildman–Crippen LogP) is 2.26. The van der Waals surface area contributed by atoms with E-state index in [-0.39, 0.29) is 0 Å². The summed E-state index contributed by atoms with van der Waals surface area (Å²) in [5.41, 5.74) is 1.30. The molecule has 0 spiro atoms. The van der Waals surface area contributed by atoms with Crippen molar-refractivity contribution in [3.05, 3.63) is 17.3 Å². The number of fused-ring (bicyclic) bond motifs is 1. The van der Waals surface area contributed by atoms with Crippen molar-refractivity contribution in [3.63, 3.8) is 0 Å². The summed E-state index contributed by atoms with van der Waals surface area (Å²) >= 11 is 1.71. The van der Waals surface area contributed by atoms with Gasteiger partial charge < -0.3 is 15.0 Å². The van der Waals surface area contributed by atoms with E-state index in [1.165, 1.54) is 25.0 Å². The summed E-state index contributed by atoms with van der Waals surface area (Å²) in [6.45, 7) is 2.95. The second-order valence-corrected chi connectivity index (χ2v) is 6.91. The number of nitrogens with one attached hydrogen (secondary N) is 1. The van der Waals surface area contributed by atoms with Crippen molar-refractivity contribution in [3.8, 4) is 0 Å². The minimum absolute atomic E-state index is 0.336. The van der Waals surface area contributed by atoms with Crippen LogP contribution in [0.1, 0.15) is 31.4 Å². The van der Waals surface area contributed by atoms with Gasteiger partial charge >= 0.3 is 0 Å². The number of nitrogens with zero attached hydrogens (tertiary/aromatic N) is 3. The molecule has 5 nitrogen and oxygen atoms in total. The van der Waals surface area contributed by atoms with Crippen LogP contribution in [0.25, 0.3) is 4.96 Å². The van der Waals surface area contributed by atoms with Crippen molar-refractivity contribution in [2.24, 2.45) is 0 Å². The van der Waals surface area contributed by atoms with Gasteiger partial charge in [0.05, 0.1) is 11.8 Å². The van der Waals surface area contributed by atoms with Crippen LogP contribution >= 0.6 is 11.3 Å². The molecular formula is C15H22N4OS. The van der Waals surface area contributed by atoms with E-state index < -0.39 is 0 Å². The fourth-order valence-electron chi connectivity index (χ4n) is 3.09. The van der Waals surface area contributed by atoms with Gasteiger partial charge in [0, 0.05) is 44.4 Å². The Morgan fingerprint density at radius 3 is 3.14 bits per heavy atom. The largest absolute Gasteiger partial charge is 0.380 e. The summed E-state index contributed by atoms with van der Waals surface area (Å²) in [6, 6.07) is 0.718. The van der Waals surface area contributed by atoms with Crippen LogP contribution in [0.15, 0.2) is 11.6 Å². The molecule has 0 bridgehead atoms. The summed E-state index contributed by atoms with van der Waals surface area (Å²) in [7, 11) is 1.81. The Hall–Kier alpha value is -1.11. The molecule has 1 saturated carbocycles. The Kier molecular flexibility index (Phi) is 3.61. The highest BCUT2D eigenvalue weighted by molar-refractivity contribution is 7.15. The Balaban J connectivity index is 1.62. The number of rotatable bonds is 5. The van der Waals surface area contributed by atoms with Gasteiger partial charge in [-0.1, -0.05) is 0 Å². The summed E-state index contributed by atoms with van der Waals surface area (Å²) in [6.07, 6.45) is 7.44. The van der Waals surface area contributed by atoms with Crippen molar-refractivity contribution >= 4 is 22.1 Å². The van der Waals surface area contributed by atoms with Crippen LogP contribution in [0, 0.1) is 0 Å². The van der Waals surface area contributed by atoms with Crippen LogP contribution in [0.5, 0.6) is 0 Å². The molecule has 6 heteroatoms. The Labute approximate surface area is 128 Å². The summed E-state index contributed by atoms with van der Waals surface area (Å²) in [5, 5.41) is 5.74. The van der Waals surface area contributed by atoms with Gasteiger partial charge in [0.1, 0.15) is 0 Å². The number of aromatic nitrogens is 2. The smallest absolute Gasteiger partial charge is 0.195 e. The van der Waals surface area contributed by atoms with Gasteiger partial charge in [0.25, 0.3) is 0 Å². The van der Waals surface area contributed by atoms with Crippen molar-refractivity contribution in [2.75, 3.05) is 25.1 Å². The van der Waals surface area contributed by atoms with Gasteiger partial charge in [-0.25, -0.2) is 4.98 Å². The number of hydrogen-bond acceptors (Lipinski definition) is 5. The molecule has 0 aromatic carbocycles. The van der Waals surface area contributed by atoms with Crippen molar-refractivity contribution < 1.29 is 4.74 Å². The molecule has 0 amide bonds. The lowest BCUT2D eigenvalue weighted by atomic mass is 10.1. The lowest BCUT2D eigenvalue weighted by Gasteiger charge is -2.32. The molecule has 1 atom stereocenters. The van der Waals surface area contributed by atoms with Crippen molar-refractivity contribution in [2.45, 2.75) is 44.4 Å². The van der Waals surface area contributed by atoms with E-state index in [4.69, 9.17) is 9.72 Å². The van der Waals surface area contributed by atoms with E-state index in [0.717, 1.165) is 42.9 Å². The van der Waals surface area contributed by atoms with E-state index in [1.54, 1.807) is 11.3 Å². The second kappa shape index (κ2) is 5.59. The second-order valence-electron chi connectivity index (χ2n) is 6.04. The number of ether oxygens (including phenoxy) is 1. The van der Waals surface area contributed by atoms with Gasteiger partial charge in [-0.15, -0.1) is 11.3 Å². The number of thiazole rings is 1. The third kappa shape index (κ3) is 2.67. The average Bonchev–Trinajstić information content (AvgIpc) is 3.12. The van der Waals surface area contributed by atoms with Crippen molar-refractivity contribution in [1.29, 1.82) is 0 Å². The first-order valence-electron chi connectivity index (χ1n) is 7.80. The summed E-state index contributed by atoms with van der Waals surface area (Å²) in [4.78, 5) is 8.37. The molecule has 1 unspecified atom stereocenters. The minimum Gasteiger partial charge on any atom is -0.380 e.